The third-order valence-electron chi connectivity index (χ3n) is 15.8. The molecule has 0 fully saturated rings. The van der Waals surface area contributed by atoms with Crippen molar-refractivity contribution in [2.24, 2.45) is 0 Å². The van der Waals surface area contributed by atoms with E-state index in [2.05, 4.69) is 239 Å². The van der Waals surface area contributed by atoms with Gasteiger partial charge < -0.3 is 14.5 Å². The molecule has 12 aromatic rings. The van der Waals surface area contributed by atoms with Crippen molar-refractivity contribution in [1.82, 2.24) is 9.55 Å². The molecular formula is C75H64N4O. The Bertz CT molecular complexity index is 4440. The van der Waals surface area contributed by atoms with Crippen LogP contribution in [0.15, 0.2) is 249 Å². The Hall–Kier alpha value is -9.45. The van der Waals surface area contributed by atoms with Gasteiger partial charge in [-0.05, 0) is 134 Å². The summed E-state index contributed by atoms with van der Waals surface area (Å²) in [4.78, 5) is 9.56. The predicted molar refractivity (Wildman–Crippen MR) is 336 cm³/mol. The van der Waals surface area contributed by atoms with Crippen LogP contribution < -0.4 is 14.5 Å². The Morgan fingerprint density at radius 3 is 1.69 bits per heavy atom. The predicted octanol–water partition coefficient (Wildman–Crippen LogP) is 20.5. The molecule has 0 atom stereocenters. The van der Waals surface area contributed by atoms with Crippen molar-refractivity contribution < 1.29 is 8.85 Å². The average molecular weight is 1040 g/mol. The molecule has 1 aliphatic heterocycles. The molecule has 0 spiro atoms. The molecule has 0 saturated carbocycles. The van der Waals surface area contributed by atoms with Crippen LogP contribution in [0.5, 0.6) is 11.5 Å². The first-order valence-electron chi connectivity index (χ1n) is 29.1. The summed E-state index contributed by atoms with van der Waals surface area (Å²) >= 11 is 0. The summed E-state index contributed by atoms with van der Waals surface area (Å²) in [6.45, 7) is 15.9. The molecule has 2 aromatic heterocycles. The van der Waals surface area contributed by atoms with Gasteiger partial charge in [-0.1, -0.05) is 211 Å². The van der Waals surface area contributed by atoms with E-state index in [1.165, 1.54) is 11.1 Å². The summed E-state index contributed by atoms with van der Waals surface area (Å²) in [6, 6.07) is 78.4. The SMILES string of the molecule is [2H]c1c(Oc2ccc3c4cc(-c5ccc(C(C)(C)C)cc5)ccc4n(-c4cc(C)c(-c5ccccc5)cn4)c3c2)cc(N2CN(c3c(-c4ccc(C(C)(C)C)cc4)cccc3-c3cccc(-c4ccccc4)c3)c3ccccc32)c([2H])c1[2H]. The minimum atomic E-state index is -0.220. The number of hydrogen-bond donors (Lipinski definition) is 0. The van der Waals surface area contributed by atoms with Gasteiger partial charge in [0.25, 0.3) is 0 Å². The zero-order chi connectivity index (χ0) is 57.3. The van der Waals surface area contributed by atoms with Gasteiger partial charge in [0.2, 0.25) is 0 Å². The van der Waals surface area contributed by atoms with Crippen LogP contribution in [-0.4, -0.2) is 16.2 Å². The molecule has 3 heterocycles. The summed E-state index contributed by atoms with van der Waals surface area (Å²) in [7, 11) is 0. The molecular weight excluding hydrogens is 973 g/mol. The number of aromatic nitrogens is 2. The van der Waals surface area contributed by atoms with E-state index in [1.807, 2.05) is 48.7 Å². The molecule has 5 nitrogen and oxygen atoms in total. The second kappa shape index (κ2) is 20.1. The number of aryl methyl sites for hydroxylation is 1. The monoisotopic (exact) mass is 1040 g/mol. The van der Waals surface area contributed by atoms with Gasteiger partial charge >= 0.3 is 0 Å². The normalized spacial score (nSPS) is 13.1. The van der Waals surface area contributed by atoms with Gasteiger partial charge in [0.1, 0.15) is 24.0 Å². The molecule has 1 aliphatic rings. The molecule has 5 heteroatoms. The Morgan fingerprint density at radius 2 is 1.00 bits per heavy atom. The molecule has 0 saturated heterocycles. The highest BCUT2D eigenvalue weighted by molar-refractivity contribution is 6.11. The topological polar surface area (TPSA) is 33.5 Å². The molecule has 0 bridgehead atoms. The molecule has 0 aliphatic carbocycles. The maximum absolute atomic E-state index is 9.58. The van der Waals surface area contributed by atoms with Crippen molar-refractivity contribution in [2.45, 2.75) is 59.3 Å². The highest BCUT2D eigenvalue weighted by Crippen LogP contribution is 2.51. The van der Waals surface area contributed by atoms with Gasteiger partial charge in [-0.15, -0.1) is 0 Å². The second-order valence-electron chi connectivity index (χ2n) is 23.1. The van der Waals surface area contributed by atoms with E-state index in [4.69, 9.17) is 9.72 Å². The van der Waals surface area contributed by atoms with Crippen LogP contribution in [0, 0.1) is 6.92 Å². The van der Waals surface area contributed by atoms with E-state index < -0.39 is 0 Å². The Morgan fingerprint density at radius 1 is 0.438 bits per heavy atom. The van der Waals surface area contributed by atoms with E-state index in [0.717, 1.165) is 106 Å². The minimum Gasteiger partial charge on any atom is -0.457 e. The first kappa shape index (κ1) is 46.6. The molecule has 0 N–H and O–H groups in total. The van der Waals surface area contributed by atoms with Crippen LogP contribution in [0.3, 0.4) is 0 Å². The van der Waals surface area contributed by atoms with Gasteiger partial charge in [-0.25, -0.2) is 4.98 Å². The van der Waals surface area contributed by atoms with Crippen molar-refractivity contribution in [1.29, 1.82) is 0 Å². The number of hydrogen-bond acceptors (Lipinski definition) is 4. The Balaban J connectivity index is 0.916. The molecule has 13 rings (SSSR count). The van der Waals surface area contributed by atoms with Gasteiger partial charge in [-0.2, -0.15) is 0 Å². The Labute approximate surface area is 474 Å². The van der Waals surface area contributed by atoms with Gasteiger partial charge in [0, 0.05) is 51.5 Å². The van der Waals surface area contributed by atoms with Crippen LogP contribution in [-0.2, 0) is 10.8 Å². The molecule has 0 unspecified atom stereocenters. The number of fused-ring (bicyclic) bond motifs is 4. The lowest BCUT2D eigenvalue weighted by atomic mass is 9.85. The Kier molecular flexibility index (Phi) is 11.7. The van der Waals surface area contributed by atoms with E-state index >= 15 is 0 Å². The largest absolute Gasteiger partial charge is 0.457 e. The number of pyridine rings is 1. The molecule has 10 aromatic carbocycles. The van der Waals surface area contributed by atoms with Gasteiger partial charge in [0.05, 0.1) is 32.2 Å². The maximum Gasteiger partial charge on any atom is 0.137 e. The third kappa shape index (κ3) is 9.39. The number of anilines is 4. The standard InChI is InChI=1S/C75H64N4O/c1-50-43-72(76-48-67(50)53-21-12-9-13-22-53)79-68-42-35-56(52-31-36-58(37-32-52)74(2,3)4)45-66(68)65-41-40-62(47-71(65)79)80-61-26-17-25-60(46-61)77-49-78(70-30-15-14-29-69(70)77)73-63(54-33-38-59(39-34-54)75(5,6)7)27-18-28-64(73)57-24-16-23-55(44-57)51-19-10-8-11-20-51/h8-48H,49H2,1-7H3/i17D,25D,26D. The first-order chi connectivity index (χ1) is 40.1. The maximum atomic E-state index is 9.58. The quantitative estimate of drug-likeness (QED) is 0.137. The first-order valence-corrected chi connectivity index (χ1v) is 27.6. The van der Waals surface area contributed by atoms with Crippen molar-refractivity contribution in [2.75, 3.05) is 16.5 Å². The van der Waals surface area contributed by atoms with E-state index in [9.17, 15) is 4.11 Å². The van der Waals surface area contributed by atoms with Crippen LogP contribution in [0.2, 0.25) is 0 Å². The van der Waals surface area contributed by atoms with E-state index in [0.29, 0.717) is 18.1 Å². The van der Waals surface area contributed by atoms with Crippen LogP contribution in [0.4, 0.5) is 22.7 Å². The summed E-state index contributed by atoms with van der Waals surface area (Å²) in [6.07, 6.45) is 1.96. The fraction of sp³-hybridized carbons (Fsp3) is 0.133. The highest BCUT2D eigenvalue weighted by Gasteiger charge is 2.32. The number of para-hydroxylation sites is 3. The number of ether oxygens (including phenoxy) is 1. The number of benzene rings is 10. The summed E-state index contributed by atoms with van der Waals surface area (Å²) in [5, 5.41) is 2.09. The number of rotatable bonds is 10. The fourth-order valence-electron chi connectivity index (χ4n) is 11.5. The molecule has 0 amide bonds. The third-order valence-corrected chi connectivity index (χ3v) is 15.8. The number of nitrogens with zero attached hydrogens (tertiary/aromatic N) is 4. The van der Waals surface area contributed by atoms with Crippen molar-refractivity contribution in [3.63, 3.8) is 0 Å². The smallest absolute Gasteiger partial charge is 0.137 e. The van der Waals surface area contributed by atoms with Crippen LogP contribution in [0.1, 0.15) is 62.3 Å². The van der Waals surface area contributed by atoms with Crippen molar-refractivity contribution in [3.05, 3.63) is 265 Å². The summed E-state index contributed by atoms with van der Waals surface area (Å²) < 4.78 is 37.4. The second-order valence-corrected chi connectivity index (χ2v) is 23.1. The van der Waals surface area contributed by atoms with Gasteiger partial charge in [-0.3, -0.25) is 4.57 Å². The summed E-state index contributed by atoms with van der Waals surface area (Å²) in [5.41, 5.74) is 19.8. The fourth-order valence-corrected chi connectivity index (χ4v) is 11.5. The zero-order valence-corrected chi connectivity index (χ0v) is 46.3. The average Bonchev–Trinajstić information content (AvgIpc) is 4.12. The van der Waals surface area contributed by atoms with E-state index in [1.54, 1.807) is 6.07 Å². The van der Waals surface area contributed by atoms with Crippen LogP contribution in [0.25, 0.3) is 83.3 Å². The molecule has 390 valence electrons. The lowest BCUT2D eigenvalue weighted by molar-refractivity contribution is 0.483. The van der Waals surface area contributed by atoms with Crippen molar-refractivity contribution >= 4 is 44.6 Å². The van der Waals surface area contributed by atoms with E-state index in [-0.39, 0.29) is 34.7 Å². The van der Waals surface area contributed by atoms with Crippen molar-refractivity contribution in [3.8, 4) is 73.0 Å². The summed E-state index contributed by atoms with van der Waals surface area (Å²) in [5.74, 6) is 1.44. The van der Waals surface area contributed by atoms with Crippen LogP contribution >= 0.6 is 0 Å². The highest BCUT2D eigenvalue weighted by atomic mass is 16.5. The molecule has 0 radical (unpaired) electrons. The lowest BCUT2D eigenvalue weighted by Gasteiger charge is -2.28. The van der Waals surface area contributed by atoms with Gasteiger partial charge in [0.15, 0.2) is 0 Å². The minimum absolute atomic E-state index is 0.0126. The molecule has 80 heavy (non-hydrogen) atoms. The zero-order valence-electron chi connectivity index (χ0n) is 49.3. The lowest BCUT2D eigenvalue weighted by Crippen LogP contribution is -2.25.